The Labute approximate surface area is 262 Å². The number of rotatable bonds is 11. The average molecular weight is 634 g/mol. The van der Waals surface area contributed by atoms with E-state index >= 15 is 0 Å². The molecule has 5 rings (SSSR count). The van der Waals surface area contributed by atoms with Crippen molar-refractivity contribution < 1.29 is 27.5 Å². The lowest BCUT2D eigenvalue weighted by molar-refractivity contribution is -0.128. The summed E-state index contributed by atoms with van der Waals surface area (Å²) < 4.78 is 40.1. The van der Waals surface area contributed by atoms with Crippen LogP contribution in [0.15, 0.2) is 108 Å². The molecule has 1 unspecified atom stereocenters. The van der Waals surface area contributed by atoms with Gasteiger partial charge in [0.25, 0.3) is 5.91 Å². The van der Waals surface area contributed by atoms with Crippen molar-refractivity contribution in [1.82, 2.24) is 9.62 Å². The molecule has 1 atom stereocenters. The van der Waals surface area contributed by atoms with E-state index in [2.05, 4.69) is 5.32 Å². The number of fused-ring (bicyclic) bond motifs is 1. The van der Waals surface area contributed by atoms with Crippen LogP contribution in [0.5, 0.6) is 11.5 Å². The first-order valence-electron chi connectivity index (χ1n) is 14.0. The second-order valence-corrected chi connectivity index (χ2v) is 12.5. The number of carbonyl (C=O) groups is 2. The minimum Gasteiger partial charge on any atom is -0.495 e. The third kappa shape index (κ3) is 7.21. The fourth-order valence-electron chi connectivity index (χ4n) is 4.90. The lowest BCUT2D eigenvalue weighted by Crippen LogP contribution is -2.53. The summed E-state index contributed by atoms with van der Waals surface area (Å²) in [5, 5.41) is 3.02. The Morgan fingerprint density at radius 2 is 1.61 bits per heavy atom. The molecule has 0 radical (unpaired) electrons. The summed E-state index contributed by atoms with van der Waals surface area (Å²) in [5.74, 6) is -0.194. The summed E-state index contributed by atoms with van der Waals surface area (Å²) in [6, 6.07) is 29.8. The second kappa shape index (κ2) is 13.9. The number of carbonyl (C=O) groups excluding carboxylic acids is 2. The summed E-state index contributed by atoms with van der Waals surface area (Å²) in [6.07, 6.45) is -0.343. The van der Waals surface area contributed by atoms with Crippen LogP contribution < -0.4 is 19.7 Å². The highest BCUT2D eigenvalue weighted by molar-refractivity contribution is 7.89. The Bertz CT molecular complexity index is 1720. The van der Waals surface area contributed by atoms with Gasteiger partial charge in [0.2, 0.25) is 15.9 Å². The van der Waals surface area contributed by atoms with E-state index in [4.69, 9.17) is 21.1 Å². The van der Waals surface area contributed by atoms with E-state index in [1.165, 1.54) is 30.2 Å². The van der Waals surface area contributed by atoms with Crippen molar-refractivity contribution in [3.63, 3.8) is 0 Å². The van der Waals surface area contributed by atoms with Crippen molar-refractivity contribution in [2.24, 2.45) is 0 Å². The number of hydrogen-bond acceptors (Lipinski definition) is 6. The number of anilines is 1. The van der Waals surface area contributed by atoms with E-state index in [1.807, 2.05) is 36.4 Å². The molecule has 0 saturated carbocycles. The van der Waals surface area contributed by atoms with Gasteiger partial charge in [-0.15, -0.1) is 0 Å². The monoisotopic (exact) mass is 633 g/mol. The molecule has 2 amide bonds. The standard InChI is InChI=1S/C33H32ClN3O6S/c1-42-29-17-16-26(20-27(29)34)44(40,41)36(21-25-12-6-3-7-13-25)23-32(38)37-22-31(43-30-15-9-8-14-28(30)37)33(39)35-19-18-24-10-4-2-5-11-24/h2-17,20,31H,18-19,21-23H2,1H3,(H,35,39). The van der Waals surface area contributed by atoms with Crippen LogP contribution >= 0.6 is 11.6 Å². The number of benzene rings is 4. The first-order chi connectivity index (χ1) is 21.3. The van der Waals surface area contributed by atoms with Gasteiger partial charge in [0.15, 0.2) is 6.10 Å². The van der Waals surface area contributed by atoms with E-state index in [0.717, 1.165) is 9.87 Å². The molecule has 44 heavy (non-hydrogen) atoms. The van der Waals surface area contributed by atoms with Crippen molar-refractivity contribution in [3.05, 3.63) is 119 Å². The van der Waals surface area contributed by atoms with Crippen molar-refractivity contribution in [2.75, 3.05) is 31.6 Å². The number of methoxy groups -OCH3 is 1. The largest absolute Gasteiger partial charge is 0.495 e. The van der Waals surface area contributed by atoms with Gasteiger partial charge in [-0.2, -0.15) is 4.31 Å². The van der Waals surface area contributed by atoms with Gasteiger partial charge in [-0.3, -0.25) is 9.59 Å². The van der Waals surface area contributed by atoms with Gasteiger partial charge < -0.3 is 19.7 Å². The Morgan fingerprint density at radius 3 is 2.30 bits per heavy atom. The van der Waals surface area contributed by atoms with Gasteiger partial charge in [0.05, 0.1) is 35.8 Å². The summed E-state index contributed by atoms with van der Waals surface area (Å²) in [6.45, 7) is -0.238. The zero-order chi connectivity index (χ0) is 31.1. The van der Waals surface area contributed by atoms with Crippen LogP contribution in [0.4, 0.5) is 5.69 Å². The third-order valence-corrected chi connectivity index (χ3v) is 9.28. The van der Waals surface area contributed by atoms with Crippen LogP contribution in [0.1, 0.15) is 11.1 Å². The maximum absolute atomic E-state index is 14.0. The van der Waals surface area contributed by atoms with Gasteiger partial charge in [0.1, 0.15) is 11.5 Å². The van der Waals surface area contributed by atoms with Crippen LogP contribution in [0.3, 0.4) is 0 Å². The number of nitrogens with zero attached hydrogens (tertiary/aromatic N) is 2. The van der Waals surface area contributed by atoms with Crippen LogP contribution in [0.25, 0.3) is 0 Å². The molecule has 0 saturated heterocycles. The summed E-state index contributed by atoms with van der Waals surface area (Å²) >= 11 is 6.27. The molecular weight excluding hydrogens is 602 g/mol. The van der Waals surface area contributed by atoms with E-state index in [-0.39, 0.29) is 28.9 Å². The van der Waals surface area contributed by atoms with Gasteiger partial charge in [-0.25, -0.2) is 8.42 Å². The average Bonchev–Trinajstić information content (AvgIpc) is 3.04. The first-order valence-corrected chi connectivity index (χ1v) is 15.8. The Morgan fingerprint density at radius 1 is 0.955 bits per heavy atom. The predicted octanol–water partition coefficient (Wildman–Crippen LogP) is 4.69. The molecule has 0 bridgehead atoms. The minimum absolute atomic E-state index is 0.0616. The molecule has 1 heterocycles. The van der Waals surface area contributed by atoms with Crippen molar-refractivity contribution in [2.45, 2.75) is 24.0 Å². The van der Waals surface area contributed by atoms with Crippen LogP contribution in [-0.2, 0) is 32.6 Å². The van der Waals surface area contributed by atoms with E-state index in [0.29, 0.717) is 35.7 Å². The molecule has 228 valence electrons. The molecule has 4 aromatic carbocycles. The van der Waals surface area contributed by atoms with Crippen molar-refractivity contribution in [1.29, 1.82) is 0 Å². The van der Waals surface area contributed by atoms with Crippen LogP contribution in [0.2, 0.25) is 5.02 Å². The van der Waals surface area contributed by atoms with Crippen molar-refractivity contribution >= 4 is 39.1 Å². The lowest BCUT2D eigenvalue weighted by atomic mass is 10.1. The Hall–Kier alpha value is -4.38. The molecule has 4 aromatic rings. The number of para-hydroxylation sites is 2. The molecule has 0 fully saturated rings. The summed E-state index contributed by atoms with van der Waals surface area (Å²) in [4.78, 5) is 28.4. The van der Waals surface area contributed by atoms with Crippen LogP contribution in [-0.4, -0.2) is 57.4 Å². The quantitative estimate of drug-likeness (QED) is 0.257. The number of amides is 2. The maximum atomic E-state index is 14.0. The summed E-state index contributed by atoms with van der Waals surface area (Å²) in [7, 11) is -2.75. The summed E-state index contributed by atoms with van der Waals surface area (Å²) in [5.41, 5.74) is 2.23. The maximum Gasteiger partial charge on any atom is 0.262 e. The first kappa shape index (κ1) is 31.1. The van der Waals surface area contributed by atoms with Gasteiger partial charge in [-0.1, -0.05) is 84.4 Å². The molecule has 9 nitrogen and oxygen atoms in total. The molecule has 0 aliphatic carbocycles. The Balaban J connectivity index is 1.38. The van der Waals surface area contributed by atoms with E-state index < -0.39 is 28.6 Å². The van der Waals surface area contributed by atoms with E-state index in [1.54, 1.807) is 48.5 Å². The molecule has 0 aromatic heterocycles. The predicted molar refractivity (Wildman–Crippen MR) is 168 cm³/mol. The van der Waals surface area contributed by atoms with Crippen molar-refractivity contribution in [3.8, 4) is 11.5 Å². The molecule has 1 N–H and O–H groups in total. The molecule has 1 aliphatic heterocycles. The number of hydrogen-bond donors (Lipinski definition) is 1. The van der Waals surface area contributed by atoms with Gasteiger partial charge >= 0.3 is 0 Å². The molecule has 1 aliphatic rings. The highest BCUT2D eigenvalue weighted by atomic mass is 35.5. The fraction of sp³-hybridized carbons (Fsp3) is 0.212. The van der Waals surface area contributed by atoms with Gasteiger partial charge in [0, 0.05) is 13.1 Å². The van der Waals surface area contributed by atoms with Gasteiger partial charge in [-0.05, 0) is 47.9 Å². The highest BCUT2D eigenvalue weighted by Gasteiger charge is 2.36. The van der Waals surface area contributed by atoms with E-state index in [9.17, 15) is 18.0 Å². The van der Waals surface area contributed by atoms with Crippen LogP contribution in [0, 0.1) is 0 Å². The number of halogens is 1. The molecular formula is C33H32ClN3O6S. The zero-order valence-corrected chi connectivity index (χ0v) is 25.6. The molecule has 11 heteroatoms. The SMILES string of the molecule is COc1ccc(S(=O)(=O)N(CC(=O)N2CC(C(=O)NCCc3ccccc3)Oc3ccccc32)Cc2ccccc2)cc1Cl. The fourth-order valence-corrected chi connectivity index (χ4v) is 6.63. The smallest absolute Gasteiger partial charge is 0.262 e. The second-order valence-electron chi connectivity index (χ2n) is 10.2. The topological polar surface area (TPSA) is 105 Å². The third-order valence-electron chi connectivity index (χ3n) is 7.20. The number of sulfonamides is 1. The molecule has 0 spiro atoms. The highest BCUT2D eigenvalue weighted by Crippen LogP contribution is 2.34. The Kier molecular flexibility index (Phi) is 9.84. The normalized spacial score (nSPS) is 14.4. The zero-order valence-electron chi connectivity index (χ0n) is 24.1. The minimum atomic E-state index is -4.19. The lowest BCUT2D eigenvalue weighted by Gasteiger charge is -2.35. The number of ether oxygens (including phenoxy) is 2. The number of nitrogens with one attached hydrogen (secondary N) is 1.